The second-order valence-electron chi connectivity index (χ2n) is 1.52. The minimum absolute atomic E-state index is 0. The molecule has 1 rings (SSSR count). The molecule has 3 nitrogen and oxygen atoms in total. The normalized spacial score (nSPS) is 8.00. The van der Waals surface area contributed by atoms with E-state index in [0.717, 1.165) is 0 Å². The SMILES string of the molecule is O=[N+]([O-])c1cc[c-]cc1.[Y+3]. The third-order valence-electron chi connectivity index (χ3n) is 0.911. The Bertz CT molecular complexity index is 212. The van der Waals surface area contributed by atoms with Gasteiger partial charge in [0.25, 0.3) is 0 Å². The van der Waals surface area contributed by atoms with Crippen molar-refractivity contribution in [2.24, 2.45) is 0 Å². The molecule has 0 bridgehead atoms. The quantitative estimate of drug-likeness (QED) is 0.400. The van der Waals surface area contributed by atoms with Gasteiger partial charge < -0.3 is 0 Å². The zero-order valence-electron chi connectivity index (χ0n) is 5.15. The number of nitro groups is 1. The first-order valence-electron chi connectivity index (χ1n) is 2.41. The molecule has 0 N–H and O–H groups in total. The molecular formula is C6H4NO2Y+2. The van der Waals surface area contributed by atoms with Crippen LogP contribution in [0.25, 0.3) is 0 Å². The third kappa shape index (κ3) is 2.54. The summed E-state index contributed by atoms with van der Waals surface area (Å²) in [6.45, 7) is 0. The first kappa shape index (κ1) is 9.72. The molecule has 0 aliphatic carbocycles. The first-order chi connectivity index (χ1) is 4.30. The summed E-state index contributed by atoms with van der Waals surface area (Å²) in [7, 11) is 0. The van der Waals surface area contributed by atoms with Gasteiger partial charge in [0.2, 0.25) is 0 Å². The number of nitrogens with zero attached hydrogens (tertiary/aromatic N) is 1. The van der Waals surface area contributed by atoms with Crippen LogP contribution in [0.1, 0.15) is 0 Å². The van der Waals surface area contributed by atoms with Crippen LogP contribution in [0.2, 0.25) is 0 Å². The fourth-order valence-corrected chi connectivity index (χ4v) is 0.500. The van der Waals surface area contributed by atoms with Crippen molar-refractivity contribution < 1.29 is 37.6 Å². The molecule has 46 valence electrons. The van der Waals surface area contributed by atoms with E-state index in [-0.39, 0.29) is 38.4 Å². The molecule has 1 aromatic carbocycles. The van der Waals surface area contributed by atoms with Gasteiger partial charge in [0.05, 0.1) is 0 Å². The molecule has 10 heavy (non-hydrogen) atoms. The van der Waals surface area contributed by atoms with Crippen molar-refractivity contribution in [3.8, 4) is 0 Å². The summed E-state index contributed by atoms with van der Waals surface area (Å²) in [5.74, 6) is 0. The monoisotopic (exact) mass is 211 g/mol. The van der Waals surface area contributed by atoms with E-state index in [9.17, 15) is 10.1 Å². The predicted octanol–water partition coefficient (Wildman–Crippen LogP) is 1.39. The Kier molecular flexibility index (Phi) is 4.40. The summed E-state index contributed by atoms with van der Waals surface area (Å²) >= 11 is 0. The van der Waals surface area contributed by atoms with Crippen LogP contribution in [-0.2, 0) is 32.7 Å². The van der Waals surface area contributed by atoms with Crippen molar-refractivity contribution in [3.05, 3.63) is 40.4 Å². The van der Waals surface area contributed by atoms with Gasteiger partial charge in [-0.3, -0.25) is 10.1 Å². The average Bonchev–Trinajstić information content (AvgIpc) is 1.90. The smallest absolute Gasteiger partial charge is 0.260 e. The zero-order chi connectivity index (χ0) is 6.69. The Morgan fingerprint density at radius 2 is 1.90 bits per heavy atom. The Morgan fingerprint density at radius 1 is 1.40 bits per heavy atom. The number of hydrogen-bond acceptors (Lipinski definition) is 2. The maximum Gasteiger partial charge on any atom is 3.00 e. The molecule has 0 spiro atoms. The van der Waals surface area contributed by atoms with Crippen molar-refractivity contribution in [2.45, 2.75) is 0 Å². The van der Waals surface area contributed by atoms with E-state index in [1.807, 2.05) is 0 Å². The van der Waals surface area contributed by atoms with Crippen molar-refractivity contribution in [1.29, 1.82) is 0 Å². The Labute approximate surface area is 83.5 Å². The molecule has 0 radical (unpaired) electrons. The largest absolute Gasteiger partial charge is 3.00 e. The van der Waals surface area contributed by atoms with E-state index in [4.69, 9.17) is 0 Å². The standard InChI is InChI=1S/C6H4NO2.Y/c8-7(9)6-4-2-1-3-5-6;/h2-5H;/q-1;+3. The molecule has 0 fully saturated rings. The van der Waals surface area contributed by atoms with Gasteiger partial charge in [0, 0.05) is 4.92 Å². The summed E-state index contributed by atoms with van der Waals surface area (Å²) in [5, 5.41) is 9.99. The van der Waals surface area contributed by atoms with Crippen LogP contribution in [0.3, 0.4) is 0 Å². The van der Waals surface area contributed by atoms with E-state index in [1.54, 1.807) is 0 Å². The van der Waals surface area contributed by atoms with Crippen molar-refractivity contribution in [3.63, 3.8) is 0 Å². The Hall–Kier alpha value is -0.276. The summed E-state index contributed by atoms with van der Waals surface area (Å²) in [6.07, 6.45) is 0. The van der Waals surface area contributed by atoms with E-state index >= 15 is 0 Å². The molecule has 0 unspecified atom stereocenters. The van der Waals surface area contributed by atoms with Crippen LogP contribution < -0.4 is 0 Å². The van der Waals surface area contributed by atoms with Crippen molar-refractivity contribution >= 4 is 5.69 Å². The van der Waals surface area contributed by atoms with Gasteiger partial charge in [-0.15, -0.1) is 0 Å². The third-order valence-corrected chi connectivity index (χ3v) is 0.911. The van der Waals surface area contributed by atoms with Crippen LogP contribution in [0.5, 0.6) is 0 Å². The maximum atomic E-state index is 9.99. The van der Waals surface area contributed by atoms with E-state index in [2.05, 4.69) is 6.07 Å². The molecule has 4 heteroatoms. The molecule has 0 aromatic heterocycles. The number of benzene rings is 1. The molecule has 0 aliphatic heterocycles. The number of non-ortho nitro benzene ring substituents is 1. The van der Waals surface area contributed by atoms with Gasteiger partial charge >= 0.3 is 32.7 Å². The summed E-state index contributed by atoms with van der Waals surface area (Å²) in [6, 6.07) is 8.51. The van der Waals surface area contributed by atoms with Crippen LogP contribution in [-0.4, -0.2) is 4.92 Å². The molecule has 0 heterocycles. The first-order valence-corrected chi connectivity index (χ1v) is 2.41. The van der Waals surface area contributed by atoms with E-state index in [0.29, 0.717) is 0 Å². The molecule has 0 saturated heterocycles. The molecule has 0 saturated carbocycles. The second-order valence-corrected chi connectivity index (χ2v) is 1.52. The van der Waals surface area contributed by atoms with Crippen molar-refractivity contribution in [2.75, 3.05) is 0 Å². The van der Waals surface area contributed by atoms with Gasteiger partial charge in [-0.05, 0) is 0 Å². The molecular weight excluding hydrogens is 207 g/mol. The molecule has 0 amide bonds. The molecule has 1 aromatic rings. The fourth-order valence-electron chi connectivity index (χ4n) is 0.500. The van der Waals surface area contributed by atoms with Crippen LogP contribution in [0.4, 0.5) is 5.69 Å². The predicted molar refractivity (Wildman–Crippen MR) is 31.9 cm³/mol. The van der Waals surface area contributed by atoms with Gasteiger partial charge in [0.1, 0.15) is 0 Å². The molecule has 0 aliphatic rings. The van der Waals surface area contributed by atoms with Crippen LogP contribution in [0, 0.1) is 16.2 Å². The van der Waals surface area contributed by atoms with E-state index in [1.165, 1.54) is 24.3 Å². The zero-order valence-corrected chi connectivity index (χ0v) is 7.99. The average molecular weight is 211 g/mol. The number of nitro benzene ring substituents is 1. The Balaban J connectivity index is 0.000000810. The topological polar surface area (TPSA) is 43.1 Å². The minimum Gasteiger partial charge on any atom is -0.260 e. The van der Waals surface area contributed by atoms with Gasteiger partial charge in [0.15, 0.2) is 5.69 Å². The van der Waals surface area contributed by atoms with Gasteiger partial charge in [-0.1, -0.05) is 12.1 Å². The number of hydrogen-bond donors (Lipinski definition) is 0. The summed E-state index contributed by atoms with van der Waals surface area (Å²) in [4.78, 5) is 9.56. The van der Waals surface area contributed by atoms with Gasteiger partial charge in [-0.2, -0.15) is 18.2 Å². The Morgan fingerprint density at radius 3 is 2.20 bits per heavy atom. The maximum absolute atomic E-state index is 9.99. The number of rotatable bonds is 1. The summed E-state index contributed by atoms with van der Waals surface area (Å²) in [5.41, 5.74) is 0.105. The minimum atomic E-state index is -0.437. The van der Waals surface area contributed by atoms with E-state index < -0.39 is 4.92 Å². The van der Waals surface area contributed by atoms with Crippen LogP contribution >= 0.6 is 0 Å². The van der Waals surface area contributed by atoms with Crippen molar-refractivity contribution in [1.82, 2.24) is 0 Å². The summed E-state index contributed by atoms with van der Waals surface area (Å²) < 4.78 is 0. The second kappa shape index (κ2) is 4.53. The van der Waals surface area contributed by atoms with Gasteiger partial charge in [-0.25, -0.2) is 0 Å². The fraction of sp³-hybridized carbons (Fsp3) is 0. The van der Waals surface area contributed by atoms with Crippen LogP contribution in [0.15, 0.2) is 24.3 Å². The molecule has 0 atom stereocenters.